The SMILES string of the molecule is Cc1ccc2c3c(=O)[nH]c(-c4ccncc4)nc3[s+](C)c2n1. The minimum atomic E-state index is -0.285. The van der Waals surface area contributed by atoms with Crippen molar-refractivity contribution in [2.24, 2.45) is 6.26 Å². The molecule has 0 aliphatic carbocycles. The van der Waals surface area contributed by atoms with E-state index in [1.54, 1.807) is 12.4 Å². The van der Waals surface area contributed by atoms with Gasteiger partial charge in [0.2, 0.25) is 0 Å². The highest BCUT2D eigenvalue weighted by Gasteiger charge is 2.24. The zero-order valence-electron chi connectivity index (χ0n) is 12.1. The number of hydrogen-bond acceptors (Lipinski definition) is 4. The van der Waals surface area contributed by atoms with Crippen LogP contribution in [0.1, 0.15) is 5.69 Å². The number of nitrogens with zero attached hydrogens (tertiary/aromatic N) is 3. The van der Waals surface area contributed by atoms with Crippen molar-refractivity contribution in [1.82, 2.24) is 19.9 Å². The van der Waals surface area contributed by atoms with E-state index in [0.717, 1.165) is 26.3 Å². The maximum atomic E-state index is 12.6. The Balaban J connectivity index is 2.13. The van der Waals surface area contributed by atoms with Crippen LogP contribution < -0.4 is 5.56 Å². The molecule has 0 saturated heterocycles. The van der Waals surface area contributed by atoms with Gasteiger partial charge >= 0.3 is 0 Å². The van der Waals surface area contributed by atoms with Crippen molar-refractivity contribution in [2.45, 2.75) is 6.92 Å². The number of pyridine rings is 2. The van der Waals surface area contributed by atoms with Gasteiger partial charge in [0.15, 0.2) is 0 Å². The number of thiophene rings is 1. The molecule has 4 rings (SSSR count). The molecule has 0 amide bonds. The van der Waals surface area contributed by atoms with E-state index >= 15 is 0 Å². The molecule has 0 aliphatic heterocycles. The summed E-state index contributed by atoms with van der Waals surface area (Å²) in [6, 6.07) is 7.57. The van der Waals surface area contributed by atoms with Crippen molar-refractivity contribution in [3.05, 3.63) is 52.7 Å². The van der Waals surface area contributed by atoms with Gasteiger partial charge in [0, 0.05) is 34.1 Å². The van der Waals surface area contributed by atoms with Gasteiger partial charge < -0.3 is 4.98 Å². The molecule has 4 heterocycles. The van der Waals surface area contributed by atoms with E-state index in [2.05, 4.69) is 21.2 Å². The Morgan fingerprint density at radius 2 is 1.82 bits per heavy atom. The monoisotopic (exact) mass is 309 g/mol. The molecular weight excluding hydrogens is 296 g/mol. The lowest BCUT2D eigenvalue weighted by Crippen LogP contribution is -2.08. The first-order valence-corrected chi connectivity index (χ1v) is 8.47. The third kappa shape index (κ3) is 1.84. The lowest BCUT2D eigenvalue weighted by molar-refractivity contribution is 1.18. The van der Waals surface area contributed by atoms with Gasteiger partial charge in [-0.2, -0.15) is 4.98 Å². The number of rotatable bonds is 1. The second kappa shape index (κ2) is 4.71. The van der Waals surface area contributed by atoms with Crippen LogP contribution in [-0.4, -0.2) is 19.9 Å². The summed E-state index contributed by atoms with van der Waals surface area (Å²) in [7, 11) is -0.285. The zero-order valence-corrected chi connectivity index (χ0v) is 12.9. The van der Waals surface area contributed by atoms with Gasteiger partial charge in [-0.25, -0.2) is 4.98 Å². The fourth-order valence-corrected chi connectivity index (χ4v) is 4.31. The molecular formula is C16H13N4OS+. The lowest BCUT2D eigenvalue weighted by atomic mass is 10.2. The molecule has 1 unspecified atom stereocenters. The van der Waals surface area contributed by atoms with E-state index in [1.807, 2.05) is 31.2 Å². The molecule has 0 saturated carbocycles. The summed E-state index contributed by atoms with van der Waals surface area (Å²) in [6.07, 6.45) is 5.45. The van der Waals surface area contributed by atoms with Crippen LogP contribution in [0.2, 0.25) is 0 Å². The second-order valence-corrected chi connectivity index (χ2v) is 6.94. The highest BCUT2D eigenvalue weighted by molar-refractivity contribution is 7.41. The summed E-state index contributed by atoms with van der Waals surface area (Å²) in [5, 5.41) is 1.56. The number of aryl methyl sites for hydroxylation is 2. The summed E-state index contributed by atoms with van der Waals surface area (Å²) in [5.74, 6) is 0.579. The van der Waals surface area contributed by atoms with Crippen LogP contribution in [0.25, 0.3) is 31.8 Å². The topological polar surface area (TPSA) is 71.5 Å². The van der Waals surface area contributed by atoms with E-state index in [9.17, 15) is 4.79 Å². The summed E-state index contributed by atoms with van der Waals surface area (Å²) in [4.78, 5) is 30.5. The first-order chi connectivity index (χ1) is 10.6. The van der Waals surface area contributed by atoms with Crippen LogP contribution in [0.3, 0.4) is 0 Å². The standard InChI is InChI=1S/C16H12N4OS/c1-9-3-4-11-12-14(21)19-13(10-5-7-17-8-6-10)20-16(12)22(2)15(11)18-9/h3-8H,1-2H3/p+1. The van der Waals surface area contributed by atoms with Gasteiger partial charge in [-0.1, -0.05) is 0 Å². The summed E-state index contributed by atoms with van der Waals surface area (Å²) in [6.45, 7) is 1.96. The molecule has 22 heavy (non-hydrogen) atoms. The van der Waals surface area contributed by atoms with Crippen LogP contribution in [0.15, 0.2) is 41.5 Å². The third-order valence-corrected chi connectivity index (χ3v) is 5.46. The van der Waals surface area contributed by atoms with Crippen molar-refractivity contribution in [1.29, 1.82) is 0 Å². The van der Waals surface area contributed by atoms with E-state index in [1.165, 1.54) is 0 Å². The molecule has 0 fully saturated rings. The molecule has 5 nitrogen and oxygen atoms in total. The van der Waals surface area contributed by atoms with Crippen molar-refractivity contribution in [3.63, 3.8) is 0 Å². The normalized spacial score (nSPS) is 12.2. The highest BCUT2D eigenvalue weighted by Crippen LogP contribution is 2.37. The van der Waals surface area contributed by atoms with Crippen molar-refractivity contribution < 1.29 is 0 Å². The molecule has 6 heteroatoms. The average Bonchev–Trinajstić information content (AvgIpc) is 2.81. The molecule has 1 N–H and O–H groups in total. The van der Waals surface area contributed by atoms with E-state index < -0.39 is 0 Å². The summed E-state index contributed by atoms with van der Waals surface area (Å²) in [5.41, 5.74) is 1.70. The van der Waals surface area contributed by atoms with Crippen LogP contribution in [0.5, 0.6) is 0 Å². The van der Waals surface area contributed by atoms with Gasteiger partial charge in [-0.05, 0) is 31.2 Å². The van der Waals surface area contributed by atoms with Gasteiger partial charge in [-0.3, -0.25) is 9.78 Å². The number of fused-ring (bicyclic) bond motifs is 3. The Kier molecular flexibility index (Phi) is 2.80. The molecule has 0 aliphatic rings. The molecule has 108 valence electrons. The number of nitrogens with one attached hydrogen (secondary N) is 1. The number of H-pyrrole nitrogens is 1. The summed E-state index contributed by atoms with van der Waals surface area (Å²) < 4.78 is 0. The van der Waals surface area contributed by atoms with Gasteiger partial charge in [0.1, 0.15) is 17.5 Å². The van der Waals surface area contributed by atoms with Crippen LogP contribution in [0.4, 0.5) is 0 Å². The molecule has 0 bridgehead atoms. The quantitative estimate of drug-likeness (QED) is 0.548. The molecule has 0 aromatic carbocycles. The minimum Gasteiger partial charge on any atom is -0.306 e. The van der Waals surface area contributed by atoms with Crippen LogP contribution >= 0.6 is 10.5 Å². The first kappa shape index (κ1) is 13.1. The minimum absolute atomic E-state index is 0.111. The number of aromatic amines is 1. The third-order valence-electron chi connectivity index (χ3n) is 3.69. The molecule has 4 aromatic heterocycles. The van der Waals surface area contributed by atoms with Crippen LogP contribution in [-0.2, 0) is 6.26 Å². The molecule has 0 radical (unpaired) electrons. The second-order valence-electron chi connectivity index (χ2n) is 5.15. The predicted molar refractivity (Wildman–Crippen MR) is 89.1 cm³/mol. The highest BCUT2D eigenvalue weighted by atomic mass is 32.2. The Labute approximate surface area is 128 Å². The molecule has 0 spiro atoms. The Morgan fingerprint density at radius 3 is 2.59 bits per heavy atom. The predicted octanol–water partition coefficient (Wildman–Crippen LogP) is 3.13. The van der Waals surface area contributed by atoms with Crippen molar-refractivity contribution >= 4 is 30.9 Å². The van der Waals surface area contributed by atoms with E-state index in [4.69, 9.17) is 4.98 Å². The smallest absolute Gasteiger partial charge is 0.283 e. The zero-order chi connectivity index (χ0) is 15.3. The fourth-order valence-electron chi connectivity index (χ4n) is 2.61. The maximum absolute atomic E-state index is 12.6. The maximum Gasteiger partial charge on any atom is 0.283 e. The average molecular weight is 309 g/mol. The van der Waals surface area contributed by atoms with E-state index in [-0.39, 0.29) is 16.0 Å². The molecule has 1 atom stereocenters. The number of hydrogen-bond donors (Lipinski definition) is 1. The Hall–Kier alpha value is -2.60. The van der Waals surface area contributed by atoms with Gasteiger partial charge in [0.25, 0.3) is 15.2 Å². The Morgan fingerprint density at radius 1 is 1.05 bits per heavy atom. The summed E-state index contributed by atoms with van der Waals surface area (Å²) >= 11 is 0. The van der Waals surface area contributed by atoms with Crippen LogP contribution in [0, 0.1) is 6.92 Å². The largest absolute Gasteiger partial charge is 0.306 e. The van der Waals surface area contributed by atoms with Crippen molar-refractivity contribution in [2.75, 3.05) is 0 Å². The first-order valence-electron chi connectivity index (χ1n) is 6.84. The molecule has 4 aromatic rings. The number of aromatic nitrogens is 4. The lowest BCUT2D eigenvalue weighted by Gasteiger charge is -1.98. The van der Waals surface area contributed by atoms with E-state index in [0.29, 0.717) is 11.2 Å². The van der Waals surface area contributed by atoms with Gasteiger partial charge in [-0.15, -0.1) is 0 Å². The van der Waals surface area contributed by atoms with Gasteiger partial charge in [0.05, 0.1) is 5.39 Å². The fraction of sp³-hybridized carbons (Fsp3) is 0.125. The Bertz CT molecular complexity index is 1070. The van der Waals surface area contributed by atoms with Crippen molar-refractivity contribution in [3.8, 4) is 11.4 Å².